The summed E-state index contributed by atoms with van der Waals surface area (Å²) in [7, 11) is 0. The topological polar surface area (TPSA) is 57.5 Å². The Hall–Kier alpha value is -0.830. The molecule has 5 fully saturated rings. The Morgan fingerprint density at radius 1 is 0.794 bits per heavy atom. The molecule has 0 heterocycles. The molecule has 0 amide bonds. The fourth-order valence-electron chi connectivity index (χ4n) is 11.7. The third kappa shape index (κ3) is 3.07. The van der Waals surface area contributed by atoms with Crippen LogP contribution in [0.15, 0.2) is 11.6 Å². The lowest BCUT2D eigenvalue weighted by Crippen LogP contribution is -2.66. The molecule has 5 saturated carbocycles. The summed E-state index contributed by atoms with van der Waals surface area (Å²) in [6, 6.07) is 0. The largest absolute Gasteiger partial charge is 0.478 e. The summed E-state index contributed by atoms with van der Waals surface area (Å²) in [5, 5.41) is 20.4. The zero-order valence-corrected chi connectivity index (χ0v) is 22.9. The second kappa shape index (κ2) is 7.59. The SMILES string of the molecule is CC(=CC(=O)O)[C@@H]1CC[C@]2(C)CC[C@]3(C)C(CCC4[C@@]5(C)CC[C@H](O)C(C)(C)C5CC[C@]43C)C12. The predicted molar refractivity (Wildman–Crippen MR) is 137 cm³/mol. The van der Waals surface area contributed by atoms with Crippen molar-refractivity contribution in [3.8, 4) is 0 Å². The number of carbonyl (C=O) groups is 1. The van der Waals surface area contributed by atoms with Gasteiger partial charge in [0.25, 0.3) is 0 Å². The Balaban J connectivity index is 1.53. The van der Waals surface area contributed by atoms with E-state index in [9.17, 15) is 15.0 Å². The molecule has 4 unspecified atom stereocenters. The summed E-state index contributed by atoms with van der Waals surface area (Å²) < 4.78 is 0. The molecule has 0 aromatic rings. The maximum Gasteiger partial charge on any atom is 0.328 e. The highest BCUT2D eigenvalue weighted by atomic mass is 16.4. The Kier molecular flexibility index (Phi) is 5.55. The average molecular weight is 471 g/mol. The summed E-state index contributed by atoms with van der Waals surface area (Å²) >= 11 is 0. The summed E-state index contributed by atoms with van der Waals surface area (Å²) in [5.74, 6) is 2.30. The predicted octanol–water partition coefficient (Wildman–Crippen LogP) is 7.48. The summed E-state index contributed by atoms with van der Waals surface area (Å²) in [5.41, 5.74) is 2.45. The van der Waals surface area contributed by atoms with Gasteiger partial charge in [-0.05, 0) is 128 Å². The molecular formula is C31H50O3. The summed E-state index contributed by atoms with van der Waals surface area (Å²) in [6.45, 7) is 17.2. The molecule has 0 saturated heterocycles. The van der Waals surface area contributed by atoms with Crippen molar-refractivity contribution in [1.82, 2.24) is 0 Å². The van der Waals surface area contributed by atoms with Crippen LogP contribution in [0.25, 0.3) is 0 Å². The number of aliphatic hydroxyl groups excluding tert-OH is 1. The number of hydrogen-bond acceptors (Lipinski definition) is 2. The third-order valence-electron chi connectivity index (χ3n) is 13.8. The van der Waals surface area contributed by atoms with Gasteiger partial charge in [0, 0.05) is 6.08 Å². The van der Waals surface area contributed by atoms with E-state index in [2.05, 4.69) is 48.5 Å². The van der Waals surface area contributed by atoms with Crippen molar-refractivity contribution in [1.29, 1.82) is 0 Å². The van der Waals surface area contributed by atoms with Crippen LogP contribution in [0.5, 0.6) is 0 Å². The van der Waals surface area contributed by atoms with Gasteiger partial charge in [0.2, 0.25) is 0 Å². The molecule has 192 valence electrons. The van der Waals surface area contributed by atoms with Gasteiger partial charge in [0.05, 0.1) is 6.10 Å². The number of carboxylic acids is 1. The Labute approximate surface area is 208 Å². The number of rotatable bonds is 2. The lowest BCUT2D eigenvalue weighted by molar-refractivity contribution is -0.246. The monoisotopic (exact) mass is 470 g/mol. The molecule has 0 bridgehead atoms. The lowest BCUT2D eigenvalue weighted by Gasteiger charge is -2.73. The first-order valence-corrected chi connectivity index (χ1v) is 14.3. The highest BCUT2D eigenvalue weighted by Gasteiger charge is 2.70. The van der Waals surface area contributed by atoms with Crippen LogP contribution in [0, 0.1) is 56.7 Å². The maximum atomic E-state index is 11.5. The fourth-order valence-corrected chi connectivity index (χ4v) is 11.7. The quantitative estimate of drug-likeness (QED) is 0.411. The minimum atomic E-state index is -0.784. The number of aliphatic carboxylic acids is 1. The molecule has 0 aliphatic heterocycles. The first-order valence-electron chi connectivity index (χ1n) is 14.3. The summed E-state index contributed by atoms with van der Waals surface area (Å²) in [6.07, 6.45) is 13.7. The van der Waals surface area contributed by atoms with Crippen LogP contribution in [0.2, 0.25) is 0 Å². The molecule has 0 spiro atoms. The van der Waals surface area contributed by atoms with Gasteiger partial charge in [-0.15, -0.1) is 0 Å². The van der Waals surface area contributed by atoms with Gasteiger partial charge in [0.15, 0.2) is 0 Å². The second-order valence-electron chi connectivity index (χ2n) is 15.1. The molecule has 5 aliphatic rings. The second-order valence-corrected chi connectivity index (χ2v) is 15.1. The van der Waals surface area contributed by atoms with Crippen molar-refractivity contribution in [3.05, 3.63) is 11.6 Å². The van der Waals surface area contributed by atoms with Crippen LogP contribution in [-0.4, -0.2) is 22.3 Å². The van der Waals surface area contributed by atoms with Crippen LogP contribution in [-0.2, 0) is 4.79 Å². The number of carboxylic acid groups (broad SMARTS) is 1. The number of fused-ring (bicyclic) bond motifs is 7. The molecule has 34 heavy (non-hydrogen) atoms. The van der Waals surface area contributed by atoms with E-state index < -0.39 is 5.97 Å². The van der Waals surface area contributed by atoms with E-state index >= 15 is 0 Å². The van der Waals surface area contributed by atoms with E-state index in [0.717, 1.165) is 24.3 Å². The Morgan fingerprint density at radius 3 is 2.18 bits per heavy atom. The van der Waals surface area contributed by atoms with E-state index in [1.807, 2.05) is 0 Å². The lowest BCUT2D eigenvalue weighted by atomic mass is 9.32. The van der Waals surface area contributed by atoms with Gasteiger partial charge in [-0.1, -0.05) is 47.1 Å². The normalized spacial score (nSPS) is 54.4. The standard InChI is InChI=1S/C31H50O3/c1-19(18-25(33)34)20-10-13-28(4)16-17-30(6)21(26(20)28)8-9-23-29(5)14-12-24(32)27(2,3)22(29)11-15-31(23,30)7/h18,20-24,26,32H,8-17H2,1-7H3,(H,33,34)/t20-,21?,22?,23?,24-,26?,28+,29-,30+,31+/m0/s1. The molecule has 0 aromatic carbocycles. The van der Waals surface area contributed by atoms with Crippen LogP contribution in [0.3, 0.4) is 0 Å². The zero-order chi connectivity index (χ0) is 24.9. The highest BCUT2D eigenvalue weighted by molar-refractivity contribution is 5.80. The molecule has 3 heteroatoms. The van der Waals surface area contributed by atoms with Crippen LogP contribution in [0.1, 0.15) is 113 Å². The number of allylic oxidation sites excluding steroid dienone is 1. The Bertz CT molecular complexity index is 889. The summed E-state index contributed by atoms with van der Waals surface area (Å²) in [4.78, 5) is 11.5. The van der Waals surface area contributed by atoms with E-state index in [4.69, 9.17) is 0 Å². The van der Waals surface area contributed by atoms with E-state index in [1.165, 1.54) is 57.4 Å². The molecule has 5 rings (SSSR count). The third-order valence-corrected chi connectivity index (χ3v) is 13.8. The van der Waals surface area contributed by atoms with Gasteiger partial charge < -0.3 is 10.2 Å². The Morgan fingerprint density at radius 2 is 1.50 bits per heavy atom. The van der Waals surface area contributed by atoms with E-state index in [-0.39, 0.29) is 11.5 Å². The number of aliphatic hydroxyl groups is 1. The molecule has 3 nitrogen and oxygen atoms in total. The molecular weight excluding hydrogens is 420 g/mol. The highest BCUT2D eigenvalue weighted by Crippen LogP contribution is 2.77. The van der Waals surface area contributed by atoms with Gasteiger partial charge in [-0.25, -0.2) is 4.79 Å². The van der Waals surface area contributed by atoms with Crippen molar-refractivity contribution in [3.63, 3.8) is 0 Å². The minimum absolute atomic E-state index is 0.00646. The van der Waals surface area contributed by atoms with Crippen molar-refractivity contribution in [2.45, 2.75) is 119 Å². The van der Waals surface area contributed by atoms with Gasteiger partial charge in [0.1, 0.15) is 0 Å². The van der Waals surface area contributed by atoms with Crippen molar-refractivity contribution >= 4 is 5.97 Å². The molecule has 5 aliphatic carbocycles. The van der Waals surface area contributed by atoms with Crippen LogP contribution < -0.4 is 0 Å². The van der Waals surface area contributed by atoms with Crippen LogP contribution >= 0.6 is 0 Å². The molecule has 0 radical (unpaired) electrons. The molecule has 10 atom stereocenters. The first-order chi connectivity index (χ1) is 15.7. The average Bonchev–Trinajstić information content (AvgIpc) is 3.09. The maximum absolute atomic E-state index is 11.5. The van der Waals surface area contributed by atoms with Gasteiger partial charge in [-0.3, -0.25) is 0 Å². The van der Waals surface area contributed by atoms with Gasteiger partial charge in [-0.2, -0.15) is 0 Å². The van der Waals surface area contributed by atoms with Crippen molar-refractivity contribution in [2.75, 3.05) is 0 Å². The molecule has 0 aromatic heterocycles. The van der Waals surface area contributed by atoms with E-state index in [1.54, 1.807) is 0 Å². The van der Waals surface area contributed by atoms with Gasteiger partial charge >= 0.3 is 5.97 Å². The minimum Gasteiger partial charge on any atom is -0.478 e. The van der Waals surface area contributed by atoms with Crippen molar-refractivity contribution in [2.24, 2.45) is 56.7 Å². The smallest absolute Gasteiger partial charge is 0.328 e. The molecule has 2 N–H and O–H groups in total. The van der Waals surface area contributed by atoms with Crippen LogP contribution in [0.4, 0.5) is 0 Å². The fraction of sp³-hybridized carbons (Fsp3) is 0.903. The van der Waals surface area contributed by atoms with Crippen molar-refractivity contribution < 1.29 is 15.0 Å². The first kappa shape index (κ1) is 24.8. The number of hydrogen-bond donors (Lipinski definition) is 2. The van der Waals surface area contributed by atoms with E-state index in [0.29, 0.717) is 45.3 Å². The zero-order valence-electron chi connectivity index (χ0n) is 22.9.